The molecule has 0 aromatic rings. The first kappa shape index (κ1) is 15.9. The molecule has 3 heteroatoms. The fourth-order valence-corrected chi connectivity index (χ4v) is 3.05. The van der Waals surface area contributed by atoms with Crippen molar-refractivity contribution in [2.24, 2.45) is 5.92 Å². The Bertz CT molecular complexity index is 199. The van der Waals surface area contributed by atoms with Gasteiger partial charge in [-0.25, -0.2) is 0 Å². The number of hydrogen-bond donors (Lipinski definition) is 2. The van der Waals surface area contributed by atoms with E-state index in [0.717, 1.165) is 32.1 Å². The zero-order chi connectivity index (χ0) is 13.2. The molecular formula is C15H32N2O. The summed E-state index contributed by atoms with van der Waals surface area (Å²) in [6, 6.07) is 0.695. The third kappa shape index (κ3) is 5.68. The van der Waals surface area contributed by atoms with E-state index in [-0.39, 0.29) is 6.61 Å². The van der Waals surface area contributed by atoms with Crippen molar-refractivity contribution in [1.29, 1.82) is 0 Å². The van der Waals surface area contributed by atoms with Crippen LogP contribution in [-0.4, -0.2) is 48.8 Å². The van der Waals surface area contributed by atoms with Crippen LogP contribution in [-0.2, 0) is 0 Å². The van der Waals surface area contributed by atoms with Crippen LogP contribution in [0.4, 0.5) is 0 Å². The van der Waals surface area contributed by atoms with Gasteiger partial charge in [-0.15, -0.1) is 0 Å². The lowest BCUT2D eigenvalue weighted by atomic mass is 9.94. The van der Waals surface area contributed by atoms with Gasteiger partial charge in [-0.3, -0.25) is 0 Å². The number of nitrogens with zero attached hydrogens (tertiary/aromatic N) is 1. The molecule has 0 heterocycles. The highest BCUT2D eigenvalue weighted by Gasteiger charge is 2.24. The van der Waals surface area contributed by atoms with E-state index in [1.807, 2.05) is 0 Å². The predicted molar refractivity (Wildman–Crippen MR) is 77.9 cm³/mol. The molecule has 2 atom stereocenters. The third-order valence-corrected chi connectivity index (χ3v) is 4.17. The van der Waals surface area contributed by atoms with E-state index in [1.165, 1.54) is 38.5 Å². The molecule has 18 heavy (non-hydrogen) atoms. The first-order valence-corrected chi connectivity index (χ1v) is 7.88. The second-order valence-electron chi connectivity index (χ2n) is 5.58. The Hall–Kier alpha value is -0.120. The Morgan fingerprint density at radius 3 is 2.61 bits per heavy atom. The standard InChI is InChI=1S/C15H32N2O/c1-3-10-16-15-9-7-5-6-8-14(15)13-17(4-2)11-12-18/h14-16,18H,3-13H2,1-2H3. The summed E-state index contributed by atoms with van der Waals surface area (Å²) in [6.07, 6.45) is 8.06. The number of aliphatic hydroxyl groups excluding tert-OH is 1. The van der Waals surface area contributed by atoms with Crippen LogP contribution in [0, 0.1) is 5.92 Å². The second-order valence-corrected chi connectivity index (χ2v) is 5.58. The van der Waals surface area contributed by atoms with Gasteiger partial charge in [-0.05, 0) is 38.3 Å². The van der Waals surface area contributed by atoms with Gasteiger partial charge in [0.05, 0.1) is 6.61 Å². The van der Waals surface area contributed by atoms with Crippen LogP contribution < -0.4 is 5.32 Å². The van der Waals surface area contributed by atoms with E-state index in [1.54, 1.807) is 0 Å². The molecule has 0 aliphatic heterocycles. The van der Waals surface area contributed by atoms with E-state index >= 15 is 0 Å². The molecule has 0 aromatic carbocycles. The number of aliphatic hydroxyl groups is 1. The molecule has 2 unspecified atom stereocenters. The maximum atomic E-state index is 9.10. The normalized spacial score (nSPS) is 25.3. The van der Waals surface area contributed by atoms with Gasteiger partial charge in [0.2, 0.25) is 0 Å². The molecule has 0 radical (unpaired) electrons. The van der Waals surface area contributed by atoms with Gasteiger partial charge in [0, 0.05) is 19.1 Å². The lowest BCUT2D eigenvalue weighted by molar-refractivity contribution is 0.162. The molecule has 1 fully saturated rings. The minimum absolute atomic E-state index is 0.285. The quantitative estimate of drug-likeness (QED) is 0.654. The molecule has 1 aliphatic rings. The Morgan fingerprint density at radius 2 is 1.94 bits per heavy atom. The lowest BCUT2D eigenvalue weighted by Gasteiger charge is -2.31. The Labute approximate surface area is 113 Å². The Morgan fingerprint density at radius 1 is 1.17 bits per heavy atom. The van der Waals surface area contributed by atoms with Gasteiger partial charge in [-0.1, -0.05) is 33.1 Å². The number of hydrogen-bond acceptors (Lipinski definition) is 3. The van der Waals surface area contributed by atoms with E-state index in [9.17, 15) is 0 Å². The fourth-order valence-electron chi connectivity index (χ4n) is 3.05. The summed E-state index contributed by atoms with van der Waals surface area (Å²) >= 11 is 0. The highest BCUT2D eigenvalue weighted by molar-refractivity contribution is 4.81. The molecule has 1 rings (SSSR count). The highest BCUT2D eigenvalue weighted by atomic mass is 16.3. The maximum Gasteiger partial charge on any atom is 0.0558 e. The predicted octanol–water partition coefficient (Wildman–Crippen LogP) is 2.25. The Balaban J connectivity index is 2.48. The number of rotatable bonds is 8. The molecule has 0 bridgehead atoms. The van der Waals surface area contributed by atoms with Crippen LogP contribution in [0.15, 0.2) is 0 Å². The molecule has 1 aliphatic carbocycles. The largest absolute Gasteiger partial charge is 0.395 e. The number of likely N-dealkylation sites (N-methyl/N-ethyl adjacent to an activating group) is 1. The van der Waals surface area contributed by atoms with E-state index < -0.39 is 0 Å². The summed E-state index contributed by atoms with van der Waals surface area (Å²) in [4.78, 5) is 2.40. The van der Waals surface area contributed by atoms with Gasteiger partial charge < -0.3 is 15.3 Å². The zero-order valence-corrected chi connectivity index (χ0v) is 12.3. The first-order chi connectivity index (χ1) is 8.81. The van der Waals surface area contributed by atoms with Crippen molar-refractivity contribution in [2.45, 2.75) is 58.4 Å². The average molecular weight is 256 g/mol. The van der Waals surface area contributed by atoms with Gasteiger partial charge in [0.25, 0.3) is 0 Å². The summed E-state index contributed by atoms with van der Waals surface area (Å²) in [5, 5.41) is 12.8. The van der Waals surface area contributed by atoms with Crippen LogP contribution in [0.3, 0.4) is 0 Å². The molecule has 0 aromatic heterocycles. The van der Waals surface area contributed by atoms with Crippen molar-refractivity contribution in [2.75, 3.05) is 32.8 Å². The van der Waals surface area contributed by atoms with Gasteiger partial charge >= 0.3 is 0 Å². The summed E-state index contributed by atoms with van der Waals surface area (Å²) in [6.45, 7) is 8.90. The minimum atomic E-state index is 0.285. The molecule has 2 N–H and O–H groups in total. The molecule has 108 valence electrons. The van der Waals surface area contributed by atoms with Gasteiger partial charge in [0.15, 0.2) is 0 Å². The van der Waals surface area contributed by atoms with Crippen LogP contribution in [0.5, 0.6) is 0 Å². The van der Waals surface area contributed by atoms with Crippen LogP contribution in [0.2, 0.25) is 0 Å². The smallest absolute Gasteiger partial charge is 0.0558 e. The summed E-state index contributed by atoms with van der Waals surface area (Å²) < 4.78 is 0. The maximum absolute atomic E-state index is 9.10. The molecule has 0 amide bonds. The van der Waals surface area contributed by atoms with Crippen LogP contribution >= 0.6 is 0 Å². The zero-order valence-electron chi connectivity index (χ0n) is 12.3. The fraction of sp³-hybridized carbons (Fsp3) is 1.00. The monoisotopic (exact) mass is 256 g/mol. The second kappa shape index (κ2) is 9.76. The van der Waals surface area contributed by atoms with Crippen molar-refractivity contribution in [3.63, 3.8) is 0 Å². The van der Waals surface area contributed by atoms with Gasteiger partial charge in [-0.2, -0.15) is 0 Å². The molecule has 3 nitrogen and oxygen atoms in total. The van der Waals surface area contributed by atoms with E-state index in [0.29, 0.717) is 6.04 Å². The highest BCUT2D eigenvalue weighted by Crippen LogP contribution is 2.24. The summed E-state index contributed by atoms with van der Waals surface area (Å²) in [7, 11) is 0. The molecular weight excluding hydrogens is 224 g/mol. The van der Waals surface area contributed by atoms with E-state index in [4.69, 9.17) is 5.11 Å². The topological polar surface area (TPSA) is 35.5 Å². The van der Waals surface area contributed by atoms with Crippen molar-refractivity contribution >= 4 is 0 Å². The summed E-state index contributed by atoms with van der Waals surface area (Å²) in [5.41, 5.74) is 0. The molecule has 0 saturated heterocycles. The average Bonchev–Trinajstić information content (AvgIpc) is 2.61. The molecule has 1 saturated carbocycles. The van der Waals surface area contributed by atoms with Crippen molar-refractivity contribution in [3.05, 3.63) is 0 Å². The van der Waals surface area contributed by atoms with Crippen molar-refractivity contribution < 1.29 is 5.11 Å². The first-order valence-electron chi connectivity index (χ1n) is 7.88. The Kier molecular flexibility index (Phi) is 8.64. The molecule has 0 spiro atoms. The van der Waals surface area contributed by atoms with Crippen molar-refractivity contribution in [3.8, 4) is 0 Å². The van der Waals surface area contributed by atoms with Crippen molar-refractivity contribution in [1.82, 2.24) is 10.2 Å². The minimum Gasteiger partial charge on any atom is -0.395 e. The lowest BCUT2D eigenvalue weighted by Crippen LogP contribution is -2.43. The SMILES string of the molecule is CCCNC1CCCCCC1CN(CC)CCO. The van der Waals surface area contributed by atoms with Crippen LogP contribution in [0.25, 0.3) is 0 Å². The van der Waals surface area contributed by atoms with Crippen LogP contribution in [0.1, 0.15) is 52.4 Å². The third-order valence-electron chi connectivity index (χ3n) is 4.17. The van der Waals surface area contributed by atoms with E-state index in [2.05, 4.69) is 24.1 Å². The van der Waals surface area contributed by atoms with Gasteiger partial charge in [0.1, 0.15) is 0 Å². The number of nitrogens with one attached hydrogen (secondary N) is 1. The summed E-state index contributed by atoms with van der Waals surface area (Å²) in [5.74, 6) is 0.769.